The highest BCUT2D eigenvalue weighted by Crippen LogP contribution is 2.21. The summed E-state index contributed by atoms with van der Waals surface area (Å²) in [7, 11) is 1.26. The average Bonchev–Trinajstić information content (AvgIpc) is 3.60. The fourth-order valence-electron chi connectivity index (χ4n) is 3.30. The minimum atomic E-state index is -0.927. The summed E-state index contributed by atoms with van der Waals surface area (Å²) in [6.07, 6.45) is 5.81. The number of tetrazole rings is 1. The smallest absolute Gasteiger partial charge is 0.349 e. The van der Waals surface area contributed by atoms with Gasteiger partial charge in [0.1, 0.15) is 17.2 Å². The third kappa shape index (κ3) is 6.84. The largest absolute Gasteiger partial charge is 0.465 e. The van der Waals surface area contributed by atoms with Crippen molar-refractivity contribution in [3.8, 4) is 5.69 Å². The number of esters is 1. The van der Waals surface area contributed by atoms with Crippen molar-refractivity contribution in [1.82, 2.24) is 30.5 Å². The Kier molecular flexibility index (Phi) is 8.33. The molecule has 2 heterocycles. The van der Waals surface area contributed by atoms with Crippen LogP contribution in [-0.2, 0) is 20.7 Å². The lowest BCUT2D eigenvalue weighted by Gasteiger charge is -2.17. The second-order valence-electron chi connectivity index (χ2n) is 7.55. The molecule has 188 valence electrons. The normalized spacial score (nSPS) is 11.7. The summed E-state index contributed by atoms with van der Waals surface area (Å²) >= 11 is 7.11. The molecule has 0 aliphatic rings. The van der Waals surface area contributed by atoms with Crippen LogP contribution >= 0.6 is 22.9 Å². The molecule has 0 saturated carbocycles. The Bertz CT molecular complexity index is 1420. The van der Waals surface area contributed by atoms with Gasteiger partial charge < -0.3 is 15.4 Å². The summed E-state index contributed by atoms with van der Waals surface area (Å²) < 4.78 is 6.11. The number of carbonyl (C=O) groups is 3. The molecule has 2 N–H and O–H groups in total. The van der Waals surface area contributed by atoms with E-state index in [4.69, 9.17) is 11.6 Å². The summed E-state index contributed by atoms with van der Waals surface area (Å²) in [5.74, 6) is -1.55. The highest BCUT2D eigenvalue weighted by molar-refractivity contribution is 7.17. The molecule has 0 spiro atoms. The minimum absolute atomic E-state index is 0.207. The molecule has 4 rings (SSSR count). The van der Waals surface area contributed by atoms with Gasteiger partial charge in [0.2, 0.25) is 11.8 Å². The van der Waals surface area contributed by atoms with Crippen LogP contribution in [0.5, 0.6) is 0 Å². The lowest BCUT2D eigenvalue weighted by atomic mass is 10.1. The van der Waals surface area contributed by atoms with E-state index in [-0.39, 0.29) is 16.4 Å². The van der Waals surface area contributed by atoms with Crippen LogP contribution in [-0.4, -0.2) is 56.1 Å². The maximum absolute atomic E-state index is 13.1. The lowest BCUT2D eigenvalue weighted by molar-refractivity contribution is -0.123. The molecule has 0 saturated heterocycles. The molecule has 0 unspecified atom stereocenters. The maximum atomic E-state index is 13.1. The molecule has 2 amide bonds. The third-order valence-electron chi connectivity index (χ3n) is 5.04. The number of nitrogens with zero attached hydrogens (tertiary/aromatic N) is 5. The highest BCUT2D eigenvalue weighted by Gasteiger charge is 2.22. The minimum Gasteiger partial charge on any atom is -0.465 e. The zero-order valence-electron chi connectivity index (χ0n) is 19.4. The maximum Gasteiger partial charge on any atom is 0.349 e. The molecule has 0 aliphatic carbocycles. The van der Waals surface area contributed by atoms with Crippen molar-refractivity contribution in [1.29, 1.82) is 0 Å². The Hall–Kier alpha value is -4.42. The van der Waals surface area contributed by atoms with E-state index in [9.17, 15) is 14.4 Å². The van der Waals surface area contributed by atoms with Gasteiger partial charge in [0.25, 0.3) is 0 Å². The van der Waals surface area contributed by atoms with Crippen LogP contribution in [0.25, 0.3) is 11.8 Å². The summed E-state index contributed by atoms with van der Waals surface area (Å²) in [5.41, 5.74) is 2.05. The number of halogens is 1. The SMILES string of the molecule is COC(=O)c1cnc(NC(=O)[C@H](Cc2ccccc2)NC(=O)/C=C/c2cc(Cl)ccc2-n2cnnn2)s1. The number of amides is 2. The Labute approximate surface area is 220 Å². The summed E-state index contributed by atoms with van der Waals surface area (Å²) in [4.78, 5) is 41.9. The van der Waals surface area contributed by atoms with Crippen LogP contribution in [0, 0.1) is 0 Å². The first-order chi connectivity index (χ1) is 17.9. The molecule has 11 nitrogen and oxygen atoms in total. The number of anilines is 1. The van der Waals surface area contributed by atoms with E-state index in [0.29, 0.717) is 16.3 Å². The first-order valence-corrected chi connectivity index (χ1v) is 12.0. The first kappa shape index (κ1) is 25.7. The van der Waals surface area contributed by atoms with E-state index in [1.807, 2.05) is 30.3 Å². The number of rotatable bonds is 9. The second kappa shape index (κ2) is 12.0. The van der Waals surface area contributed by atoms with E-state index < -0.39 is 23.8 Å². The number of carbonyl (C=O) groups excluding carboxylic acids is 3. The molecule has 0 fully saturated rings. The number of ether oxygens (including phenoxy) is 1. The lowest BCUT2D eigenvalue weighted by Crippen LogP contribution is -2.44. The Morgan fingerprint density at radius 2 is 2.00 bits per heavy atom. The van der Waals surface area contributed by atoms with Crippen molar-refractivity contribution in [2.75, 3.05) is 12.4 Å². The number of hydrogen-bond acceptors (Lipinski definition) is 9. The second-order valence-corrected chi connectivity index (χ2v) is 9.02. The molecule has 4 aromatic rings. The average molecular weight is 538 g/mol. The molecule has 1 atom stereocenters. The van der Waals surface area contributed by atoms with Gasteiger partial charge in [-0.3, -0.25) is 9.59 Å². The molecule has 13 heteroatoms. The number of thiazole rings is 1. The standard InChI is InChI=1S/C24H20ClN7O4S/c1-36-23(35)20-13-26-24(37-20)29-22(34)18(11-15-5-3-2-4-6-15)28-21(33)10-7-16-12-17(25)8-9-19(16)32-14-27-30-31-32/h2-10,12-14,18H,11H2,1H3,(H,28,33)(H,26,29,34)/b10-7+/t18-/m0/s1. The van der Waals surface area contributed by atoms with Gasteiger partial charge in [0.15, 0.2) is 5.13 Å². The van der Waals surface area contributed by atoms with Crippen molar-refractivity contribution < 1.29 is 19.1 Å². The number of benzene rings is 2. The van der Waals surface area contributed by atoms with Crippen LogP contribution < -0.4 is 10.6 Å². The first-order valence-electron chi connectivity index (χ1n) is 10.8. The van der Waals surface area contributed by atoms with Gasteiger partial charge in [-0.25, -0.2) is 9.78 Å². The molecule has 0 aliphatic heterocycles. The van der Waals surface area contributed by atoms with E-state index in [0.717, 1.165) is 16.9 Å². The van der Waals surface area contributed by atoms with E-state index in [1.165, 1.54) is 30.4 Å². The number of methoxy groups -OCH3 is 1. The van der Waals surface area contributed by atoms with Gasteiger partial charge >= 0.3 is 5.97 Å². The molecule has 0 bridgehead atoms. The van der Waals surface area contributed by atoms with Gasteiger partial charge in [-0.05, 0) is 40.3 Å². The van der Waals surface area contributed by atoms with Gasteiger partial charge in [0.05, 0.1) is 19.0 Å². The van der Waals surface area contributed by atoms with Crippen LogP contribution in [0.1, 0.15) is 20.8 Å². The summed E-state index contributed by atoms with van der Waals surface area (Å²) in [6.45, 7) is 0. The molecular weight excluding hydrogens is 518 g/mol. The monoisotopic (exact) mass is 537 g/mol. The quantitative estimate of drug-likeness (QED) is 0.245. The predicted molar refractivity (Wildman–Crippen MR) is 137 cm³/mol. The summed E-state index contributed by atoms with van der Waals surface area (Å²) in [5, 5.41) is 17.2. The van der Waals surface area contributed by atoms with Crippen molar-refractivity contribution in [2.24, 2.45) is 0 Å². The van der Waals surface area contributed by atoms with E-state index in [2.05, 4.69) is 35.9 Å². The number of hydrogen-bond donors (Lipinski definition) is 2. The van der Waals surface area contributed by atoms with Crippen LogP contribution in [0.15, 0.2) is 67.1 Å². The zero-order valence-corrected chi connectivity index (χ0v) is 20.9. The van der Waals surface area contributed by atoms with Crippen LogP contribution in [0.4, 0.5) is 5.13 Å². The fraction of sp³-hybridized carbons (Fsp3) is 0.125. The van der Waals surface area contributed by atoms with Gasteiger partial charge in [-0.1, -0.05) is 53.3 Å². The molecule has 2 aromatic heterocycles. The third-order valence-corrected chi connectivity index (χ3v) is 6.17. The Morgan fingerprint density at radius 3 is 2.73 bits per heavy atom. The molecule has 2 aromatic carbocycles. The van der Waals surface area contributed by atoms with E-state index in [1.54, 1.807) is 24.3 Å². The fourth-order valence-corrected chi connectivity index (χ4v) is 4.22. The zero-order chi connectivity index (χ0) is 26.2. The molecular formula is C24H20ClN7O4S. The van der Waals surface area contributed by atoms with Crippen LogP contribution in [0.3, 0.4) is 0 Å². The summed E-state index contributed by atoms with van der Waals surface area (Å²) in [6, 6.07) is 13.4. The van der Waals surface area contributed by atoms with Gasteiger partial charge in [-0.15, -0.1) is 5.10 Å². The topological polar surface area (TPSA) is 141 Å². The van der Waals surface area contributed by atoms with Crippen molar-refractivity contribution in [3.05, 3.63) is 88.2 Å². The highest BCUT2D eigenvalue weighted by atomic mass is 35.5. The van der Waals surface area contributed by atoms with Crippen molar-refractivity contribution in [3.63, 3.8) is 0 Å². The van der Waals surface area contributed by atoms with Gasteiger partial charge in [0, 0.05) is 23.1 Å². The van der Waals surface area contributed by atoms with Crippen molar-refractivity contribution in [2.45, 2.75) is 12.5 Å². The predicted octanol–water partition coefficient (Wildman–Crippen LogP) is 2.94. The van der Waals surface area contributed by atoms with Gasteiger partial charge in [-0.2, -0.15) is 4.68 Å². The molecule has 37 heavy (non-hydrogen) atoms. The van der Waals surface area contributed by atoms with Crippen LogP contribution in [0.2, 0.25) is 5.02 Å². The Balaban J connectivity index is 1.51. The number of aromatic nitrogens is 5. The Morgan fingerprint density at radius 1 is 1.19 bits per heavy atom. The number of nitrogens with one attached hydrogen (secondary N) is 2. The van der Waals surface area contributed by atoms with E-state index >= 15 is 0 Å². The van der Waals surface area contributed by atoms with Crippen molar-refractivity contribution >= 4 is 51.9 Å². The molecule has 0 radical (unpaired) electrons.